The summed E-state index contributed by atoms with van der Waals surface area (Å²) >= 11 is 1.90. The van der Waals surface area contributed by atoms with Crippen LogP contribution < -0.4 is 0 Å². The van der Waals surface area contributed by atoms with E-state index in [0.29, 0.717) is 0 Å². The van der Waals surface area contributed by atoms with Crippen molar-refractivity contribution in [3.05, 3.63) is 80.0 Å². The summed E-state index contributed by atoms with van der Waals surface area (Å²) in [5, 5.41) is 0. The maximum Gasteiger partial charge on any atom is 0.0308 e. The second-order valence-corrected chi connectivity index (χ2v) is 10.1. The van der Waals surface area contributed by atoms with Crippen molar-refractivity contribution in [1.82, 2.24) is 0 Å². The van der Waals surface area contributed by atoms with Crippen molar-refractivity contribution in [1.29, 1.82) is 0 Å². The van der Waals surface area contributed by atoms with Gasteiger partial charge in [-0.25, -0.2) is 0 Å². The first-order valence-corrected chi connectivity index (χ1v) is 10.6. The Labute approximate surface area is 167 Å². The lowest BCUT2D eigenvalue weighted by atomic mass is 9.84. The monoisotopic (exact) mass is 372 g/mol. The molecular weight excluding hydrogens is 344 g/mol. The molecule has 0 aliphatic heterocycles. The van der Waals surface area contributed by atoms with Gasteiger partial charge in [-0.05, 0) is 95.3 Å². The highest BCUT2D eigenvalue weighted by Gasteiger charge is 2.22. The highest BCUT2D eigenvalue weighted by atomic mass is 32.1. The van der Waals surface area contributed by atoms with Crippen molar-refractivity contribution in [3.8, 4) is 11.1 Å². The summed E-state index contributed by atoms with van der Waals surface area (Å²) in [5.41, 5.74) is 11.5. The van der Waals surface area contributed by atoms with Crippen molar-refractivity contribution >= 4 is 23.0 Å². The fourth-order valence-corrected chi connectivity index (χ4v) is 4.90. The minimum absolute atomic E-state index is 0.187. The topological polar surface area (TPSA) is 0 Å². The first kappa shape index (κ1) is 18.3. The molecule has 0 spiro atoms. The maximum atomic E-state index is 2.43. The molecule has 0 amide bonds. The van der Waals surface area contributed by atoms with Crippen molar-refractivity contribution < 1.29 is 0 Å². The second kappa shape index (κ2) is 6.49. The van der Waals surface area contributed by atoms with Crippen LogP contribution in [-0.2, 0) is 11.8 Å². The molecule has 0 saturated carbocycles. The number of hydrogen-bond donors (Lipinski definition) is 0. The molecule has 0 fully saturated rings. The summed E-state index contributed by atoms with van der Waals surface area (Å²) in [7, 11) is 0. The van der Waals surface area contributed by atoms with E-state index < -0.39 is 0 Å². The molecule has 4 rings (SSSR count). The van der Waals surface area contributed by atoms with Gasteiger partial charge in [0.05, 0.1) is 0 Å². The molecule has 1 aromatic heterocycles. The number of aryl methyl sites for hydroxylation is 2. The quantitative estimate of drug-likeness (QED) is 0.431. The Balaban J connectivity index is 1.84. The molecule has 0 atom stereocenters. The highest BCUT2D eigenvalue weighted by molar-refractivity contribution is 7.13. The summed E-state index contributed by atoms with van der Waals surface area (Å²) in [5.74, 6) is 0. The maximum absolute atomic E-state index is 2.43. The van der Waals surface area contributed by atoms with Crippen LogP contribution in [0.15, 0.2) is 42.5 Å². The zero-order valence-corrected chi connectivity index (χ0v) is 18.1. The Morgan fingerprint density at radius 1 is 0.889 bits per heavy atom. The van der Waals surface area contributed by atoms with Crippen molar-refractivity contribution in [3.63, 3.8) is 0 Å². The molecule has 0 bridgehead atoms. The van der Waals surface area contributed by atoms with Crippen LogP contribution >= 0.6 is 11.3 Å². The minimum Gasteiger partial charge on any atom is -0.141 e. The molecule has 27 heavy (non-hydrogen) atoms. The van der Waals surface area contributed by atoms with Gasteiger partial charge in [-0.1, -0.05) is 51.1 Å². The highest BCUT2D eigenvalue weighted by Crippen LogP contribution is 2.42. The minimum atomic E-state index is 0.187. The average molecular weight is 373 g/mol. The van der Waals surface area contributed by atoms with Crippen LogP contribution in [0.3, 0.4) is 0 Å². The lowest BCUT2D eigenvalue weighted by Gasteiger charge is -2.20. The van der Waals surface area contributed by atoms with Gasteiger partial charge in [0.2, 0.25) is 0 Å². The first-order chi connectivity index (χ1) is 12.7. The van der Waals surface area contributed by atoms with Crippen LogP contribution in [0.5, 0.6) is 0 Å². The van der Waals surface area contributed by atoms with Crippen LogP contribution in [-0.4, -0.2) is 0 Å². The first-order valence-electron chi connectivity index (χ1n) is 9.75. The second-order valence-electron chi connectivity index (χ2n) is 8.85. The molecule has 2 aromatic carbocycles. The Hall–Kier alpha value is -2.12. The Morgan fingerprint density at radius 2 is 1.59 bits per heavy atom. The normalized spacial score (nSPS) is 13.6. The van der Waals surface area contributed by atoms with Gasteiger partial charge in [0.15, 0.2) is 0 Å². The number of rotatable bonds is 2. The molecule has 0 nitrogen and oxygen atoms in total. The third kappa shape index (κ3) is 3.30. The molecule has 0 N–H and O–H groups in total. The molecule has 0 unspecified atom stereocenters. The fourth-order valence-electron chi connectivity index (χ4n) is 4.02. The molecule has 0 radical (unpaired) electrons. The van der Waals surface area contributed by atoms with Gasteiger partial charge < -0.3 is 0 Å². The van der Waals surface area contributed by atoms with E-state index in [4.69, 9.17) is 0 Å². The number of hydrogen-bond acceptors (Lipinski definition) is 1. The standard InChI is InChI=1S/C26H28S/c1-16-13-20-14-21(24-12-7-17(2)27-24)15-23(20)25(18(16)3)19-8-10-22(11-9-19)26(4,5)6/h7-13,15H,14H2,1-6H3. The van der Waals surface area contributed by atoms with E-state index in [0.717, 1.165) is 6.42 Å². The molecule has 138 valence electrons. The lowest BCUT2D eigenvalue weighted by Crippen LogP contribution is -2.10. The van der Waals surface area contributed by atoms with E-state index >= 15 is 0 Å². The number of allylic oxidation sites excluding steroid dienone is 1. The Morgan fingerprint density at radius 3 is 2.19 bits per heavy atom. The smallest absolute Gasteiger partial charge is 0.0308 e. The van der Waals surface area contributed by atoms with Crippen molar-refractivity contribution in [2.75, 3.05) is 0 Å². The van der Waals surface area contributed by atoms with Crippen LogP contribution in [0.25, 0.3) is 22.8 Å². The fraction of sp³-hybridized carbons (Fsp3) is 0.308. The van der Waals surface area contributed by atoms with E-state index in [-0.39, 0.29) is 5.41 Å². The molecule has 3 aromatic rings. The molecule has 1 aliphatic rings. The van der Waals surface area contributed by atoms with E-state index in [1.165, 1.54) is 54.3 Å². The number of thiophene rings is 1. The molecule has 1 aliphatic carbocycles. The van der Waals surface area contributed by atoms with Gasteiger partial charge in [-0.2, -0.15) is 0 Å². The molecule has 1 heterocycles. The third-order valence-electron chi connectivity index (χ3n) is 5.77. The average Bonchev–Trinajstić information content (AvgIpc) is 3.21. The zero-order chi connectivity index (χ0) is 19.3. The Bertz CT molecular complexity index is 1040. The summed E-state index contributed by atoms with van der Waals surface area (Å²) in [6.07, 6.45) is 3.48. The van der Waals surface area contributed by atoms with Gasteiger partial charge in [0, 0.05) is 9.75 Å². The van der Waals surface area contributed by atoms with Gasteiger partial charge in [0.1, 0.15) is 0 Å². The van der Waals surface area contributed by atoms with Gasteiger partial charge in [-0.15, -0.1) is 11.3 Å². The third-order valence-corrected chi connectivity index (χ3v) is 6.84. The number of fused-ring (bicyclic) bond motifs is 1. The van der Waals surface area contributed by atoms with E-state index in [2.05, 4.69) is 90.1 Å². The predicted octanol–water partition coefficient (Wildman–Crippen LogP) is 7.73. The predicted molar refractivity (Wildman–Crippen MR) is 121 cm³/mol. The van der Waals surface area contributed by atoms with E-state index in [1.807, 2.05) is 11.3 Å². The largest absolute Gasteiger partial charge is 0.141 e. The summed E-state index contributed by atoms with van der Waals surface area (Å²) < 4.78 is 0. The lowest BCUT2D eigenvalue weighted by molar-refractivity contribution is 0.590. The number of benzene rings is 2. The van der Waals surface area contributed by atoms with Gasteiger partial charge in [-0.3, -0.25) is 0 Å². The van der Waals surface area contributed by atoms with E-state index in [1.54, 1.807) is 0 Å². The van der Waals surface area contributed by atoms with Crippen LogP contribution in [0.1, 0.15) is 58.3 Å². The summed E-state index contributed by atoms with van der Waals surface area (Å²) in [6, 6.07) is 16.1. The Kier molecular flexibility index (Phi) is 4.39. The zero-order valence-electron chi connectivity index (χ0n) is 17.2. The van der Waals surface area contributed by atoms with Crippen LogP contribution in [0, 0.1) is 20.8 Å². The molecular formula is C26H28S. The van der Waals surface area contributed by atoms with E-state index in [9.17, 15) is 0 Å². The summed E-state index contributed by atoms with van der Waals surface area (Å²) in [4.78, 5) is 2.79. The van der Waals surface area contributed by atoms with Gasteiger partial charge >= 0.3 is 0 Å². The SMILES string of the molecule is Cc1ccc(C2=Cc3c(cc(C)c(C)c3-c3ccc(C(C)(C)C)cc3)C2)s1. The summed E-state index contributed by atoms with van der Waals surface area (Å²) in [6.45, 7) is 13.5. The molecule has 0 saturated heterocycles. The van der Waals surface area contributed by atoms with Gasteiger partial charge in [0.25, 0.3) is 0 Å². The van der Waals surface area contributed by atoms with Crippen LogP contribution in [0.2, 0.25) is 0 Å². The van der Waals surface area contributed by atoms with Crippen LogP contribution in [0.4, 0.5) is 0 Å². The van der Waals surface area contributed by atoms with Crippen molar-refractivity contribution in [2.45, 2.75) is 53.4 Å². The van der Waals surface area contributed by atoms with Crippen molar-refractivity contribution in [2.24, 2.45) is 0 Å². The molecule has 1 heteroatoms.